The van der Waals surface area contributed by atoms with E-state index in [1.807, 2.05) is 0 Å². The molecule has 9 heavy (non-hydrogen) atoms. The van der Waals surface area contributed by atoms with Crippen molar-refractivity contribution < 1.29 is 0 Å². The normalized spacial score (nSPS) is 13.1. The molecular formula is C9H17. The Hall–Kier alpha value is -0.260. The number of allylic oxidation sites excluding steroid dienone is 1. The number of hydrogen-bond acceptors (Lipinski definition) is 0. The van der Waals surface area contributed by atoms with Crippen molar-refractivity contribution in [2.45, 2.75) is 39.5 Å². The molecule has 0 saturated carbocycles. The summed E-state index contributed by atoms with van der Waals surface area (Å²) in [4.78, 5) is 0. The minimum Gasteiger partial charge on any atom is -0.0953 e. The third-order valence-corrected chi connectivity index (χ3v) is 1.69. The van der Waals surface area contributed by atoms with Crippen molar-refractivity contribution in [1.29, 1.82) is 0 Å². The molecule has 1 radical (unpaired) electrons. The van der Waals surface area contributed by atoms with Gasteiger partial charge in [-0.1, -0.05) is 33.3 Å². The second-order valence-corrected chi connectivity index (χ2v) is 2.45. The lowest BCUT2D eigenvalue weighted by Crippen LogP contribution is -1.92. The van der Waals surface area contributed by atoms with Crippen LogP contribution >= 0.6 is 0 Å². The zero-order valence-electron chi connectivity index (χ0n) is 6.61. The monoisotopic (exact) mass is 125 g/mol. The SMILES string of the molecule is C=[C]C(CC)CCCC. The lowest BCUT2D eigenvalue weighted by Gasteiger charge is -2.05. The molecule has 0 aromatic carbocycles. The lowest BCUT2D eigenvalue weighted by atomic mass is 10.00. The molecule has 0 amide bonds. The van der Waals surface area contributed by atoms with Gasteiger partial charge < -0.3 is 0 Å². The average molecular weight is 125 g/mol. The van der Waals surface area contributed by atoms with Gasteiger partial charge in [0.05, 0.1) is 0 Å². The predicted octanol–water partition coefficient (Wildman–Crippen LogP) is 3.19. The van der Waals surface area contributed by atoms with Gasteiger partial charge in [-0.15, -0.1) is 0 Å². The highest BCUT2D eigenvalue weighted by atomic mass is 14.0. The zero-order chi connectivity index (χ0) is 7.11. The fourth-order valence-electron chi connectivity index (χ4n) is 0.901. The van der Waals surface area contributed by atoms with Crippen LogP contribution in [0.15, 0.2) is 6.58 Å². The molecule has 0 aromatic rings. The molecule has 0 heteroatoms. The summed E-state index contributed by atoms with van der Waals surface area (Å²) in [7, 11) is 0. The van der Waals surface area contributed by atoms with Gasteiger partial charge >= 0.3 is 0 Å². The van der Waals surface area contributed by atoms with Gasteiger partial charge in [0.1, 0.15) is 0 Å². The van der Waals surface area contributed by atoms with E-state index in [4.69, 9.17) is 0 Å². The Morgan fingerprint density at radius 3 is 2.44 bits per heavy atom. The highest BCUT2D eigenvalue weighted by molar-refractivity contribution is 4.68. The Morgan fingerprint density at radius 2 is 2.11 bits per heavy atom. The van der Waals surface area contributed by atoms with Gasteiger partial charge in [-0.05, 0) is 24.8 Å². The highest BCUT2D eigenvalue weighted by Gasteiger charge is 1.98. The summed E-state index contributed by atoms with van der Waals surface area (Å²) < 4.78 is 0. The maximum Gasteiger partial charge on any atom is -0.0168 e. The van der Waals surface area contributed by atoms with Gasteiger partial charge in [0.15, 0.2) is 0 Å². The number of hydrogen-bond donors (Lipinski definition) is 0. The average Bonchev–Trinajstić information content (AvgIpc) is 1.91. The quantitative estimate of drug-likeness (QED) is 0.529. The van der Waals surface area contributed by atoms with Gasteiger partial charge in [0.25, 0.3) is 0 Å². The van der Waals surface area contributed by atoms with Gasteiger partial charge in [-0.2, -0.15) is 0 Å². The summed E-state index contributed by atoms with van der Waals surface area (Å²) in [6.07, 6.45) is 8.12. The van der Waals surface area contributed by atoms with Crippen LogP contribution in [0.25, 0.3) is 0 Å². The Morgan fingerprint density at radius 1 is 1.44 bits per heavy atom. The van der Waals surface area contributed by atoms with E-state index in [9.17, 15) is 0 Å². The summed E-state index contributed by atoms with van der Waals surface area (Å²) in [5.74, 6) is 0.643. The van der Waals surface area contributed by atoms with Gasteiger partial charge in [0, 0.05) is 0 Å². The highest BCUT2D eigenvalue weighted by Crippen LogP contribution is 2.11. The predicted molar refractivity (Wildman–Crippen MR) is 42.2 cm³/mol. The van der Waals surface area contributed by atoms with Crippen LogP contribution in [0.2, 0.25) is 0 Å². The molecule has 1 unspecified atom stereocenters. The molecule has 0 saturated heterocycles. The molecule has 0 spiro atoms. The minimum atomic E-state index is 0.643. The van der Waals surface area contributed by atoms with E-state index in [1.165, 1.54) is 25.7 Å². The van der Waals surface area contributed by atoms with Crippen molar-refractivity contribution in [3.63, 3.8) is 0 Å². The van der Waals surface area contributed by atoms with Crippen molar-refractivity contribution >= 4 is 0 Å². The molecule has 1 atom stereocenters. The molecule has 0 rings (SSSR count). The fraction of sp³-hybridized carbons (Fsp3) is 0.778. The second kappa shape index (κ2) is 5.87. The first-order valence-electron chi connectivity index (χ1n) is 3.87. The summed E-state index contributed by atoms with van der Waals surface area (Å²) in [6.45, 7) is 8.07. The maximum absolute atomic E-state index is 3.66. The fourth-order valence-corrected chi connectivity index (χ4v) is 0.901. The van der Waals surface area contributed by atoms with E-state index >= 15 is 0 Å². The first kappa shape index (κ1) is 8.74. The Bertz CT molecular complexity index is 64.4. The lowest BCUT2D eigenvalue weighted by molar-refractivity contribution is 0.529. The van der Waals surface area contributed by atoms with E-state index < -0.39 is 0 Å². The minimum absolute atomic E-state index is 0.643. The van der Waals surface area contributed by atoms with Crippen LogP contribution in [-0.2, 0) is 0 Å². The van der Waals surface area contributed by atoms with Gasteiger partial charge in [-0.25, -0.2) is 0 Å². The van der Waals surface area contributed by atoms with E-state index in [2.05, 4.69) is 26.5 Å². The zero-order valence-corrected chi connectivity index (χ0v) is 6.61. The van der Waals surface area contributed by atoms with Crippen LogP contribution in [0.5, 0.6) is 0 Å². The molecule has 53 valence electrons. The van der Waals surface area contributed by atoms with Crippen LogP contribution in [0, 0.1) is 12.0 Å². The van der Waals surface area contributed by atoms with E-state index in [1.54, 1.807) is 0 Å². The van der Waals surface area contributed by atoms with Crippen LogP contribution in [0.1, 0.15) is 39.5 Å². The standard InChI is InChI=1S/C9H17/c1-4-7-8-9(5-2)6-3/h9H,2,4,6-8H2,1,3H3. The third-order valence-electron chi connectivity index (χ3n) is 1.69. The van der Waals surface area contributed by atoms with E-state index in [0.29, 0.717) is 5.92 Å². The Balaban J connectivity index is 3.20. The Labute approximate surface area is 59.0 Å². The summed E-state index contributed by atoms with van der Waals surface area (Å²) in [5, 5.41) is 0. The molecule has 0 N–H and O–H groups in total. The van der Waals surface area contributed by atoms with Crippen LogP contribution in [0.4, 0.5) is 0 Å². The van der Waals surface area contributed by atoms with Crippen LogP contribution in [-0.4, -0.2) is 0 Å². The Kier molecular flexibility index (Phi) is 5.70. The van der Waals surface area contributed by atoms with Crippen molar-refractivity contribution in [2.24, 2.45) is 5.92 Å². The van der Waals surface area contributed by atoms with Crippen molar-refractivity contribution in [2.75, 3.05) is 0 Å². The van der Waals surface area contributed by atoms with Crippen molar-refractivity contribution in [1.82, 2.24) is 0 Å². The second-order valence-electron chi connectivity index (χ2n) is 2.45. The topological polar surface area (TPSA) is 0 Å². The van der Waals surface area contributed by atoms with Crippen molar-refractivity contribution in [3.8, 4) is 0 Å². The van der Waals surface area contributed by atoms with E-state index in [0.717, 1.165) is 0 Å². The summed E-state index contributed by atoms with van der Waals surface area (Å²) >= 11 is 0. The maximum atomic E-state index is 3.66. The summed E-state index contributed by atoms with van der Waals surface area (Å²) in [5.41, 5.74) is 0. The smallest absolute Gasteiger partial charge is 0.0168 e. The molecule has 0 nitrogen and oxygen atoms in total. The molecule has 0 aliphatic heterocycles. The first-order chi connectivity index (χ1) is 4.35. The van der Waals surface area contributed by atoms with Crippen molar-refractivity contribution in [3.05, 3.63) is 12.7 Å². The summed E-state index contributed by atoms with van der Waals surface area (Å²) in [6, 6.07) is 0. The van der Waals surface area contributed by atoms with Gasteiger partial charge in [-0.3, -0.25) is 0 Å². The van der Waals surface area contributed by atoms with Crippen LogP contribution < -0.4 is 0 Å². The number of rotatable bonds is 5. The molecule has 0 heterocycles. The molecule has 0 bridgehead atoms. The first-order valence-corrected chi connectivity index (χ1v) is 3.87. The van der Waals surface area contributed by atoms with E-state index in [-0.39, 0.29) is 0 Å². The molecular weight excluding hydrogens is 108 g/mol. The molecule has 0 aromatic heterocycles. The third kappa shape index (κ3) is 4.26. The molecule has 0 fully saturated rings. The number of unbranched alkanes of at least 4 members (excludes halogenated alkanes) is 1. The van der Waals surface area contributed by atoms with Crippen LogP contribution in [0.3, 0.4) is 0 Å². The molecule has 0 aliphatic rings. The largest absolute Gasteiger partial charge is 0.0953 e. The van der Waals surface area contributed by atoms with Gasteiger partial charge in [0.2, 0.25) is 0 Å². The molecule has 0 aliphatic carbocycles.